The number of aliphatic hydroxyl groups is 1. The molecule has 0 bridgehead atoms. The summed E-state index contributed by atoms with van der Waals surface area (Å²) < 4.78 is 16.7. The summed E-state index contributed by atoms with van der Waals surface area (Å²) in [7, 11) is 0. The van der Waals surface area contributed by atoms with Crippen molar-refractivity contribution in [2.75, 3.05) is 25.7 Å². The highest BCUT2D eigenvalue weighted by atomic mass is 35.5. The Hall–Kier alpha value is -4.33. The van der Waals surface area contributed by atoms with Gasteiger partial charge >= 0.3 is 0 Å². The topological polar surface area (TPSA) is 47.9 Å². The zero-order chi connectivity index (χ0) is 27.1. The lowest BCUT2D eigenvalue weighted by molar-refractivity contribution is 0.227. The van der Waals surface area contributed by atoms with E-state index in [0.717, 1.165) is 23.3 Å². The number of fused-ring (bicyclic) bond motifs is 3. The first kappa shape index (κ1) is 26.3. The van der Waals surface area contributed by atoms with Gasteiger partial charge in [0, 0.05) is 5.88 Å². The fourth-order valence-corrected chi connectivity index (χ4v) is 5.36. The van der Waals surface area contributed by atoms with E-state index in [4.69, 9.17) is 32.2 Å². The molecule has 4 aromatic carbocycles. The summed E-state index contributed by atoms with van der Waals surface area (Å²) in [5.41, 5.74) is 6.62. The Labute approximate surface area is 234 Å². The van der Waals surface area contributed by atoms with Crippen molar-refractivity contribution in [2.24, 2.45) is 0 Å². The number of alkyl halides is 1. The molecule has 0 fully saturated rings. The van der Waals surface area contributed by atoms with Gasteiger partial charge < -0.3 is 19.3 Å². The van der Waals surface area contributed by atoms with Crippen LogP contribution >= 0.6 is 11.6 Å². The third-order valence-electron chi connectivity index (χ3n) is 6.85. The van der Waals surface area contributed by atoms with Gasteiger partial charge in [0.1, 0.15) is 31.0 Å². The van der Waals surface area contributed by atoms with Crippen molar-refractivity contribution in [2.45, 2.75) is 11.8 Å². The first-order valence-corrected chi connectivity index (χ1v) is 13.4. The number of halogens is 1. The molecule has 0 spiro atoms. The van der Waals surface area contributed by atoms with Crippen LogP contribution in [0.25, 0.3) is 11.1 Å². The van der Waals surface area contributed by atoms with Crippen LogP contribution in [0.2, 0.25) is 0 Å². The van der Waals surface area contributed by atoms with Gasteiger partial charge in [-0.25, -0.2) is 0 Å². The van der Waals surface area contributed by atoms with E-state index in [1.165, 1.54) is 28.5 Å². The molecule has 4 nitrogen and oxygen atoms in total. The number of hydrogen-bond donors (Lipinski definition) is 1. The van der Waals surface area contributed by atoms with E-state index in [-0.39, 0.29) is 19.0 Å². The smallest absolute Gasteiger partial charge is 0.165 e. The summed E-state index contributed by atoms with van der Waals surface area (Å²) in [5.74, 6) is 4.33. The van der Waals surface area contributed by atoms with Crippen LogP contribution in [0.15, 0.2) is 109 Å². The second kappa shape index (κ2) is 12.0. The van der Waals surface area contributed by atoms with Crippen molar-refractivity contribution in [1.82, 2.24) is 0 Å². The summed E-state index contributed by atoms with van der Waals surface area (Å²) in [6.07, 6.45) is 7.17. The molecule has 0 radical (unpaired) electrons. The highest BCUT2D eigenvalue weighted by Crippen LogP contribution is 2.56. The minimum atomic E-state index is -0.522. The molecule has 0 heterocycles. The quantitative estimate of drug-likeness (QED) is 0.0822. The Morgan fingerprint density at radius 2 is 1.33 bits per heavy atom. The van der Waals surface area contributed by atoms with Gasteiger partial charge in [0.2, 0.25) is 0 Å². The average Bonchev–Trinajstić information content (AvgIpc) is 3.28. The Morgan fingerprint density at radius 1 is 0.795 bits per heavy atom. The first-order chi connectivity index (χ1) is 19.2. The molecule has 5 rings (SSSR count). The lowest BCUT2D eigenvalue weighted by Crippen LogP contribution is -2.28. The molecule has 1 aliphatic carbocycles. The first-order valence-electron chi connectivity index (χ1n) is 12.8. The van der Waals surface area contributed by atoms with Crippen LogP contribution in [0.3, 0.4) is 0 Å². The van der Waals surface area contributed by atoms with E-state index in [1.807, 2.05) is 24.3 Å². The third-order valence-corrected chi connectivity index (χ3v) is 7.11. The van der Waals surface area contributed by atoms with Gasteiger partial charge in [-0.2, -0.15) is 0 Å². The molecule has 1 N–H and O–H groups in total. The molecule has 0 aliphatic heterocycles. The average molecular weight is 537 g/mol. The van der Waals surface area contributed by atoms with E-state index in [0.29, 0.717) is 18.2 Å². The Balaban J connectivity index is 1.55. The molecule has 0 amide bonds. The highest BCUT2D eigenvalue weighted by molar-refractivity contribution is 6.17. The normalized spacial score (nSPS) is 13.2. The van der Waals surface area contributed by atoms with E-state index < -0.39 is 5.41 Å². The summed E-state index contributed by atoms with van der Waals surface area (Å²) in [5, 5.41) is 9.99. The molecule has 0 atom stereocenters. The fourth-order valence-electron chi connectivity index (χ4n) is 5.25. The summed E-state index contributed by atoms with van der Waals surface area (Å²) in [6.45, 7) is 0.651. The van der Waals surface area contributed by atoms with Gasteiger partial charge in [-0.05, 0) is 64.1 Å². The molecule has 4 aromatic rings. The minimum Gasteiger partial charge on any atom is -0.506 e. The molecule has 39 heavy (non-hydrogen) atoms. The van der Waals surface area contributed by atoms with Crippen LogP contribution in [0.1, 0.15) is 28.7 Å². The van der Waals surface area contributed by atoms with Crippen LogP contribution in [0.4, 0.5) is 0 Å². The van der Waals surface area contributed by atoms with Crippen LogP contribution in [0.5, 0.6) is 11.5 Å². The minimum absolute atomic E-state index is 0.0219. The largest absolute Gasteiger partial charge is 0.506 e. The highest BCUT2D eigenvalue weighted by Gasteiger charge is 2.45. The molecule has 5 heteroatoms. The number of hydrogen-bond acceptors (Lipinski definition) is 4. The van der Waals surface area contributed by atoms with Gasteiger partial charge in [0.25, 0.3) is 0 Å². The van der Waals surface area contributed by atoms with Crippen molar-refractivity contribution >= 4 is 11.6 Å². The number of terminal acetylenes is 1. The van der Waals surface area contributed by atoms with Gasteiger partial charge in [-0.3, -0.25) is 0 Å². The maximum Gasteiger partial charge on any atom is 0.165 e. The predicted octanol–water partition coefficient (Wildman–Crippen LogP) is 7.49. The van der Waals surface area contributed by atoms with Crippen LogP contribution in [0, 0.1) is 12.3 Å². The van der Waals surface area contributed by atoms with Gasteiger partial charge in [-0.1, -0.05) is 78.7 Å². The van der Waals surface area contributed by atoms with Crippen molar-refractivity contribution in [3.05, 3.63) is 131 Å². The molecular weight excluding hydrogens is 508 g/mol. The van der Waals surface area contributed by atoms with Crippen LogP contribution in [-0.4, -0.2) is 30.8 Å². The van der Waals surface area contributed by atoms with Crippen molar-refractivity contribution in [3.63, 3.8) is 0 Å². The van der Waals surface area contributed by atoms with E-state index >= 15 is 0 Å². The van der Waals surface area contributed by atoms with Crippen molar-refractivity contribution in [3.8, 4) is 35.0 Å². The lowest BCUT2D eigenvalue weighted by atomic mass is 9.68. The zero-order valence-corrected chi connectivity index (χ0v) is 22.2. The van der Waals surface area contributed by atoms with E-state index in [2.05, 4.69) is 78.7 Å². The molecule has 196 valence electrons. The number of ether oxygens (including phenoxy) is 3. The second-order valence-electron chi connectivity index (χ2n) is 9.19. The number of benzene rings is 4. The summed E-state index contributed by atoms with van der Waals surface area (Å²) >= 11 is 5.82. The predicted molar refractivity (Wildman–Crippen MR) is 156 cm³/mol. The second-order valence-corrected chi connectivity index (χ2v) is 9.57. The van der Waals surface area contributed by atoms with Gasteiger partial charge in [0.05, 0.1) is 12.0 Å². The third kappa shape index (κ3) is 5.19. The van der Waals surface area contributed by atoms with Crippen molar-refractivity contribution in [1.29, 1.82) is 0 Å². The lowest BCUT2D eigenvalue weighted by Gasteiger charge is -2.34. The fraction of sp³-hybridized carbons (Fsp3) is 0.176. The Bertz CT molecular complexity index is 1440. The summed E-state index contributed by atoms with van der Waals surface area (Å²) in [4.78, 5) is 0. The number of aliphatic hydroxyl groups excluding tert-OH is 1. The van der Waals surface area contributed by atoms with Gasteiger partial charge in [0.15, 0.2) is 5.76 Å². The Kier molecular flexibility index (Phi) is 8.10. The standard InChI is InChI=1S/C34H29ClO4/c1-2-21-37-23-27(36)24-39-29-18-14-26(15-19-29)34(25-12-16-28(17-13-25)38-22-7-20-35)32-10-5-3-8-30(32)31-9-4-6-11-33(31)34/h1,3-6,8-19,23,36H,7,20-22,24H2/b27-23-. The van der Waals surface area contributed by atoms with Crippen molar-refractivity contribution < 1.29 is 19.3 Å². The van der Waals surface area contributed by atoms with E-state index in [1.54, 1.807) is 0 Å². The Morgan fingerprint density at radius 3 is 1.87 bits per heavy atom. The molecule has 0 saturated carbocycles. The molecule has 0 aromatic heterocycles. The van der Waals surface area contributed by atoms with Crippen LogP contribution < -0.4 is 9.47 Å². The van der Waals surface area contributed by atoms with Crippen LogP contribution in [-0.2, 0) is 10.2 Å². The SMILES string of the molecule is C#CCO/C=C(\O)COc1ccc(C2(c3ccc(OCCCCl)cc3)c3ccccc3-c3ccccc32)cc1. The molecule has 0 saturated heterocycles. The monoisotopic (exact) mass is 536 g/mol. The van der Waals surface area contributed by atoms with Gasteiger partial charge in [-0.15, -0.1) is 18.0 Å². The zero-order valence-electron chi connectivity index (χ0n) is 21.5. The van der Waals surface area contributed by atoms with E-state index in [9.17, 15) is 5.11 Å². The molecule has 1 aliphatic rings. The maximum atomic E-state index is 9.99. The molecular formula is C34H29ClO4. The molecule has 0 unspecified atom stereocenters. The number of rotatable bonds is 11. The summed E-state index contributed by atoms with van der Waals surface area (Å²) in [6, 6.07) is 33.6. The maximum absolute atomic E-state index is 9.99.